The fraction of sp³-hybridized carbons (Fsp3) is 0.647. The zero-order valence-corrected chi connectivity index (χ0v) is 15.8. The first-order chi connectivity index (χ1) is 11.8. The maximum Gasteiger partial charge on any atom is 0.279 e. The van der Waals surface area contributed by atoms with E-state index < -0.39 is 15.8 Å². The Morgan fingerprint density at radius 3 is 2.64 bits per heavy atom. The normalized spacial score (nSPS) is 22.7. The van der Waals surface area contributed by atoms with E-state index in [1.54, 1.807) is 0 Å². The molecule has 1 aliphatic rings. The summed E-state index contributed by atoms with van der Waals surface area (Å²) in [6, 6.07) is 9.69. The molecular weight excluding hydrogens is 342 g/mol. The van der Waals surface area contributed by atoms with Crippen molar-refractivity contribution < 1.29 is 18.3 Å². The van der Waals surface area contributed by atoms with E-state index >= 15 is 0 Å². The topological polar surface area (TPSA) is 82.1 Å². The molecule has 1 aromatic rings. The summed E-state index contributed by atoms with van der Waals surface area (Å²) in [5, 5.41) is 10.7. The van der Waals surface area contributed by atoms with Crippen molar-refractivity contribution in [1.29, 1.82) is 0 Å². The van der Waals surface area contributed by atoms with Crippen LogP contribution in [0.25, 0.3) is 0 Å². The van der Waals surface area contributed by atoms with E-state index in [9.17, 15) is 13.5 Å². The van der Waals surface area contributed by atoms with Gasteiger partial charge < -0.3 is 9.84 Å². The van der Waals surface area contributed by atoms with Gasteiger partial charge in [0.25, 0.3) is 10.2 Å². The van der Waals surface area contributed by atoms with Crippen LogP contribution in [0.5, 0.6) is 5.75 Å². The van der Waals surface area contributed by atoms with E-state index in [1.165, 1.54) is 14.1 Å². The molecule has 0 saturated carbocycles. The summed E-state index contributed by atoms with van der Waals surface area (Å²) in [5.41, 5.74) is -1.00. The standard InChI is InChI=1S/C17H29N3O4S/c1-19(2)25(22,23)18-15-17(21)9-6-11-20(12-10-17)13-14-24-16-7-4-3-5-8-16/h3-5,7-8,18,21H,6,9-15H2,1-2H3/t17-/m0/s1. The molecule has 0 amide bonds. The zero-order chi connectivity index (χ0) is 18.3. The number of hydrogen-bond acceptors (Lipinski definition) is 5. The van der Waals surface area contributed by atoms with Crippen LogP contribution in [0.3, 0.4) is 0 Å². The van der Waals surface area contributed by atoms with E-state index in [4.69, 9.17) is 4.74 Å². The van der Waals surface area contributed by atoms with Crippen LogP contribution in [0, 0.1) is 0 Å². The van der Waals surface area contributed by atoms with Gasteiger partial charge in [0.05, 0.1) is 5.60 Å². The third-order valence-corrected chi connectivity index (χ3v) is 5.96. The Balaban J connectivity index is 1.77. The molecule has 1 heterocycles. The number of hydrogen-bond donors (Lipinski definition) is 2. The molecule has 1 atom stereocenters. The van der Waals surface area contributed by atoms with E-state index in [2.05, 4.69) is 9.62 Å². The lowest BCUT2D eigenvalue weighted by molar-refractivity contribution is 0.0301. The van der Waals surface area contributed by atoms with E-state index in [-0.39, 0.29) is 6.54 Å². The second-order valence-corrected chi connectivity index (χ2v) is 8.66. The molecule has 0 bridgehead atoms. The van der Waals surface area contributed by atoms with Crippen LogP contribution in [0.2, 0.25) is 0 Å². The molecule has 1 aliphatic heterocycles. The lowest BCUT2D eigenvalue weighted by Crippen LogP contribution is -2.46. The quantitative estimate of drug-likeness (QED) is 0.702. The van der Waals surface area contributed by atoms with Gasteiger partial charge in [-0.2, -0.15) is 17.4 Å². The zero-order valence-electron chi connectivity index (χ0n) is 15.0. The number of rotatable bonds is 8. The van der Waals surface area contributed by atoms with Crippen molar-refractivity contribution in [1.82, 2.24) is 13.9 Å². The van der Waals surface area contributed by atoms with Crippen LogP contribution in [-0.4, -0.2) is 75.2 Å². The maximum atomic E-state index is 11.8. The van der Waals surface area contributed by atoms with Crippen LogP contribution in [-0.2, 0) is 10.2 Å². The van der Waals surface area contributed by atoms with Crippen LogP contribution >= 0.6 is 0 Å². The summed E-state index contributed by atoms with van der Waals surface area (Å²) in [5.74, 6) is 0.854. The molecule has 0 aliphatic carbocycles. The molecule has 2 N–H and O–H groups in total. The van der Waals surface area contributed by atoms with Crippen LogP contribution in [0.1, 0.15) is 19.3 Å². The molecule has 0 spiro atoms. The van der Waals surface area contributed by atoms with Crippen molar-refractivity contribution in [2.24, 2.45) is 0 Å². The minimum Gasteiger partial charge on any atom is -0.492 e. The van der Waals surface area contributed by atoms with Crippen molar-refractivity contribution in [3.8, 4) is 5.75 Å². The molecule has 7 nitrogen and oxygen atoms in total. The minimum atomic E-state index is -3.52. The maximum absolute atomic E-state index is 11.8. The molecule has 2 rings (SSSR count). The Hall–Kier alpha value is -1.19. The Morgan fingerprint density at radius 1 is 1.24 bits per heavy atom. The summed E-state index contributed by atoms with van der Waals surface area (Å²) < 4.78 is 32.9. The number of aliphatic hydroxyl groups is 1. The number of para-hydroxylation sites is 1. The first-order valence-corrected chi connectivity index (χ1v) is 10.0. The Morgan fingerprint density at radius 2 is 1.96 bits per heavy atom. The predicted molar refractivity (Wildman–Crippen MR) is 97.8 cm³/mol. The number of likely N-dealkylation sites (tertiary alicyclic amines) is 1. The molecule has 0 radical (unpaired) electrons. The van der Waals surface area contributed by atoms with Gasteiger partial charge in [0, 0.05) is 33.7 Å². The van der Waals surface area contributed by atoms with Gasteiger partial charge in [-0.15, -0.1) is 0 Å². The summed E-state index contributed by atoms with van der Waals surface area (Å²) in [6.45, 7) is 3.02. The average Bonchev–Trinajstić information content (AvgIpc) is 2.77. The number of ether oxygens (including phenoxy) is 1. The molecule has 0 unspecified atom stereocenters. The highest BCUT2D eigenvalue weighted by molar-refractivity contribution is 7.87. The van der Waals surface area contributed by atoms with Gasteiger partial charge in [-0.25, -0.2) is 0 Å². The van der Waals surface area contributed by atoms with Crippen molar-refractivity contribution in [2.45, 2.75) is 24.9 Å². The lowest BCUT2D eigenvalue weighted by Gasteiger charge is -2.28. The predicted octanol–water partition coefficient (Wildman–Crippen LogP) is 0.678. The molecule has 1 aromatic carbocycles. The Bertz CT molecular complexity index is 624. The van der Waals surface area contributed by atoms with Crippen LogP contribution in [0.15, 0.2) is 30.3 Å². The van der Waals surface area contributed by atoms with Gasteiger partial charge in [-0.05, 0) is 37.9 Å². The van der Waals surface area contributed by atoms with Gasteiger partial charge in [0.2, 0.25) is 0 Å². The smallest absolute Gasteiger partial charge is 0.279 e. The fourth-order valence-corrected chi connectivity index (χ4v) is 3.51. The third-order valence-electron chi connectivity index (χ3n) is 4.49. The van der Waals surface area contributed by atoms with E-state index in [0.29, 0.717) is 19.4 Å². The molecule has 1 saturated heterocycles. The van der Waals surface area contributed by atoms with Crippen LogP contribution in [0.4, 0.5) is 0 Å². The van der Waals surface area contributed by atoms with E-state index in [1.807, 2.05) is 30.3 Å². The summed E-state index contributed by atoms with van der Waals surface area (Å²) in [7, 11) is -0.584. The first-order valence-electron chi connectivity index (χ1n) is 8.60. The van der Waals surface area contributed by atoms with Crippen LogP contribution < -0.4 is 9.46 Å². The molecular formula is C17H29N3O4S. The highest BCUT2D eigenvalue weighted by atomic mass is 32.2. The minimum absolute atomic E-state index is 0.0435. The first kappa shape index (κ1) is 20.1. The second kappa shape index (κ2) is 8.95. The lowest BCUT2D eigenvalue weighted by atomic mass is 9.95. The SMILES string of the molecule is CN(C)S(=O)(=O)NC[C@]1(O)CCCN(CCOc2ccccc2)CC1. The average molecular weight is 372 g/mol. The second-order valence-electron chi connectivity index (χ2n) is 6.69. The molecule has 0 aromatic heterocycles. The summed E-state index contributed by atoms with van der Waals surface area (Å²) in [6.07, 6.45) is 1.94. The van der Waals surface area contributed by atoms with Crippen molar-refractivity contribution >= 4 is 10.2 Å². The van der Waals surface area contributed by atoms with Crippen molar-refractivity contribution in [3.63, 3.8) is 0 Å². The molecule has 25 heavy (non-hydrogen) atoms. The molecule has 142 valence electrons. The molecule has 1 fully saturated rings. The van der Waals surface area contributed by atoms with Crippen molar-refractivity contribution in [2.75, 3.05) is 46.9 Å². The molecule has 8 heteroatoms. The van der Waals surface area contributed by atoms with Gasteiger partial charge >= 0.3 is 0 Å². The monoisotopic (exact) mass is 371 g/mol. The third kappa shape index (κ3) is 6.56. The van der Waals surface area contributed by atoms with Gasteiger partial charge in [-0.1, -0.05) is 18.2 Å². The van der Waals surface area contributed by atoms with Crippen molar-refractivity contribution in [3.05, 3.63) is 30.3 Å². The van der Waals surface area contributed by atoms with Gasteiger partial charge in [-0.3, -0.25) is 4.90 Å². The van der Waals surface area contributed by atoms with Gasteiger partial charge in [0.15, 0.2) is 0 Å². The van der Waals surface area contributed by atoms with Gasteiger partial charge in [0.1, 0.15) is 12.4 Å². The summed E-state index contributed by atoms with van der Waals surface area (Å²) >= 11 is 0. The number of nitrogens with one attached hydrogen (secondary N) is 1. The Labute approximate surface area is 150 Å². The Kier molecular flexibility index (Phi) is 7.21. The van der Waals surface area contributed by atoms with E-state index in [0.717, 1.165) is 36.1 Å². The highest BCUT2D eigenvalue weighted by Crippen LogP contribution is 2.22. The number of nitrogens with zero attached hydrogens (tertiary/aromatic N) is 2. The number of benzene rings is 1. The highest BCUT2D eigenvalue weighted by Gasteiger charge is 2.31. The summed E-state index contributed by atoms with van der Waals surface area (Å²) in [4.78, 5) is 2.25. The largest absolute Gasteiger partial charge is 0.492 e. The fourth-order valence-electron chi connectivity index (χ4n) is 2.80.